The lowest BCUT2D eigenvalue weighted by Crippen LogP contribution is -2.49. The van der Waals surface area contributed by atoms with E-state index in [2.05, 4.69) is 29.1 Å². The highest BCUT2D eigenvalue weighted by Gasteiger charge is 2.26. The summed E-state index contributed by atoms with van der Waals surface area (Å²) >= 11 is 0. The molecule has 2 fully saturated rings. The molecule has 2 aliphatic rings. The Morgan fingerprint density at radius 2 is 2.11 bits per heavy atom. The first kappa shape index (κ1) is 21.1. The standard InChI is InChI=1S/C22H34FN3O2/c1-22(2,17-6-4-7-18(23)14-17)16-25-21(24-3)26-11-9-19(10-12-26)28-15-20-8-5-13-27-20/h4,6-7,14,19-20H,5,8-13,15-16H2,1-3H3,(H,24,25). The fourth-order valence-electron chi connectivity index (χ4n) is 3.90. The molecule has 156 valence electrons. The van der Waals surface area contributed by atoms with Crippen molar-refractivity contribution in [2.45, 2.75) is 57.2 Å². The summed E-state index contributed by atoms with van der Waals surface area (Å²) in [6, 6.07) is 6.84. The molecule has 0 saturated carbocycles. The van der Waals surface area contributed by atoms with Crippen LogP contribution in [0.3, 0.4) is 0 Å². The molecule has 28 heavy (non-hydrogen) atoms. The molecule has 1 N–H and O–H groups in total. The topological polar surface area (TPSA) is 46.1 Å². The molecule has 0 bridgehead atoms. The van der Waals surface area contributed by atoms with Crippen LogP contribution in [-0.2, 0) is 14.9 Å². The summed E-state index contributed by atoms with van der Waals surface area (Å²) < 4.78 is 25.3. The van der Waals surface area contributed by atoms with E-state index in [0.29, 0.717) is 12.6 Å². The quantitative estimate of drug-likeness (QED) is 0.597. The molecule has 1 aromatic carbocycles. The Balaban J connectivity index is 1.45. The minimum atomic E-state index is -0.194. The van der Waals surface area contributed by atoms with Gasteiger partial charge in [-0.25, -0.2) is 4.39 Å². The zero-order valence-electron chi connectivity index (χ0n) is 17.4. The lowest BCUT2D eigenvalue weighted by atomic mass is 9.84. The Bertz CT molecular complexity index is 651. The second-order valence-electron chi connectivity index (χ2n) is 8.45. The lowest BCUT2D eigenvalue weighted by Gasteiger charge is -2.36. The number of aliphatic imine (C=N–C) groups is 1. The molecular weight excluding hydrogens is 357 g/mol. The van der Waals surface area contributed by atoms with Gasteiger partial charge in [-0.1, -0.05) is 26.0 Å². The third-order valence-electron chi connectivity index (χ3n) is 5.79. The van der Waals surface area contributed by atoms with E-state index in [9.17, 15) is 4.39 Å². The molecule has 0 radical (unpaired) electrons. The predicted octanol–water partition coefficient (Wildman–Crippen LogP) is 3.34. The summed E-state index contributed by atoms with van der Waals surface area (Å²) in [4.78, 5) is 6.74. The average molecular weight is 392 g/mol. The van der Waals surface area contributed by atoms with Crippen LogP contribution in [0.5, 0.6) is 0 Å². The predicted molar refractivity (Wildman–Crippen MR) is 110 cm³/mol. The SMILES string of the molecule is CN=C(NCC(C)(C)c1cccc(F)c1)N1CCC(OCC2CCCO2)CC1. The summed E-state index contributed by atoms with van der Waals surface area (Å²) in [5.74, 6) is 0.710. The van der Waals surface area contributed by atoms with Gasteiger partial charge in [-0.05, 0) is 43.4 Å². The highest BCUT2D eigenvalue weighted by molar-refractivity contribution is 5.80. The van der Waals surface area contributed by atoms with E-state index in [-0.39, 0.29) is 17.3 Å². The third-order valence-corrected chi connectivity index (χ3v) is 5.79. The first-order valence-corrected chi connectivity index (χ1v) is 10.4. The van der Waals surface area contributed by atoms with Crippen LogP contribution in [0, 0.1) is 5.82 Å². The van der Waals surface area contributed by atoms with Crippen LogP contribution < -0.4 is 5.32 Å². The van der Waals surface area contributed by atoms with Gasteiger partial charge in [0.2, 0.25) is 0 Å². The van der Waals surface area contributed by atoms with Crippen LogP contribution in [0.25, 0.3) is 0 Å². The summed E-state index contributed by atoms with van der Waals surface area (Å²) in [6.45, 7) is 8.38. The molecule has 6 heteroatoms. The van der Waals surface area contributed by atoms with E-state index >= 15 is 0 Å². The van der Waals surface area contributed by atoms with Crippen LogP contribution in [0.1, 0.15) is 45.1 Å². The summed E-state index contributed by atoms with van der Waals surface area (Å²) in [5, 5.41) is 3.48. The van der Waals surface area contributed by atoms with Crippen molar-refractivity contribution >= 4 is 5.96 Å². The molecule has 1 atom stereocenters. The van der Waals surface area contributed by atoms with Crippen molar-refractivity contribution in [2.75, 3.05) is 39.9 Å². The molecule has 0 aliphatic carbocycles. The van der Waals surface area contributed by atoms with Gasteiger partial charge in [-0.15, -0.1) is 0 Å². The van der Waals surface area contributed by atoms with E-state index in [4.69, 9.17) is 9.47 Å². The van der Waals surface area contributed by atoms with Crippen LogP contribution in [0.4, 0.5) is 4.39 Å². The largest absolute Gasteiger partial charge is 0.376 e. The van der Waals surface area contributed by atoms with E-state index in [1.807, 2.05) is 13.1 Å². The van der Waals surface area contributed by atoms with Gasteiger partial charge in [-0.2, -0.15) is 0 Å². The highest BCUT2D eigenvalue weighted by atomic mass is 19.1. The van der Waals surface area contributed by atoms with Gasteiger partial charge in [0.1, 0.15) is 5.82 Å². The average Bonchev–Trinajstić information content (AvgIpc) is 3.21. The van der Waals surface area contributed by atoms with Crippen molar-refractivity contribution in [3.63, 3.8) is 0 Å². The smallest absolute Gasteiger partial charge is 0.193 e. The van der Waals surface area contributed by atoms with Gasteiger partial charge in [0.25, 0.3) is 0 Å². The Morgan fingerprint density at radius 3 is 2.75 bits per heavy atom. The number of ether oxygens (including phenoxy) is 2. The van der Waals surface area contributed by atoms with Crippen molar-refractivity contribution in [3.8, 4) is 0 Å². The molecule has 0 amide bonds. The van der Waals surface area contributed by atoms with E-state index in [1.165, 1.54) is 6.07 Å². The maximum atomic E-state index is 13.6. The Labute approximate surface area is 168 Å². The second-order valence-corrected chi connectivity index (χ2v) is 8.45. The minimum absolute atomic E-state index is 0.194. The first-order chi connectivity index (χ1) is 13.5. The number of halogens is 1. The Kier molecular flexibility index (Phi) is 7.30. The molecule has 2 aliphatic heterocycles. The van der Waals surface area contributed by atoms with Crippen molar-refractivity contribution in [1.29, 1.82) is 0 Å². The van der Waals surface area contributed by atoms with E-state index < -0.39 is 0 Å². The lowest BCUT2D eigenvalue weighted by molar-refractivity contribution is -0.0367. The van der Waals surface area contributed by atoms with Crippen molar-refractivity contribution < 1.29 is 13.9 Å². The number of benzene rings is 1. The van der Waals surface area contributed by atoms with Gasteiger partial charge < -0.3 is 19.7 Å². The summed E-state index contributed by atoms with van der Waals surface area (Å²) in [7, 11) is 1.82. The van der Waals surface area contributed by atoms with Gasteiger partial charge in [0.05, 0.1) is 18.8 Å². The van der Waals surface area contributed by atoms with Gasteiger partial charge >= 0.3 is 0 Å². The zero-order chi connectivity index (χ0) is 20.0. The van der Waals surface area contributed by atoms with Crippen molar-refractivity contribution in [1.82, 2.24) is 10.2 Å². The van der Waals surface area contributed by atoms with Crippen molar-refractivity contribution in [3.05, 3.63) is 35.6 Å². The van der Waals surface area contributed by atoms with Gasteiger partial charge in [0, 0.05) is 38.7 Å². The minimum Gasteiger partial charge on any atom is -0.376 e. The molecule has 1 unspecified atom stereocenters. The second kappa shape index (κ2) is 9.70. The van der Waals surface area contributed by atoms with Crippen LogP contribution in [0.2, 0.25) is 0 Å². The number of hydrogen-bond donors (Lipinski definition) is 1. The maximum absolute atomic E-state index is 13.6. The number of nitrogens with zero attached hydrogens (tertiary/aromatic N) is 2. The maximum Gasteiger partial charge on any atom is 0.193 e. The third kappa shape index (κ3) is 5.67. The number of guanidine groups is 1. The number of likely N-dealkylation sites (tertiary alicyclic amines) is 1. The molecule has 2 heterocycles. The Hall–Kier alpha value is -1.66. The number of rotatable bonds is 6. The zero-order valence-corrected chi connectivity index (χ0v) is 17.4. The fraction of sp³-hybridized carbons (Fsp3) is 0.682. The fourth-order valence-corrected chi connectivity index (χ4v) is 3.90. The molecule has 5 nitrogen and oxygen atoms in total. The number of piperidine rings is 1. The molecular formula is C22H34FN3O2. The van der Waals surface area contributed by atoms with Gasteiger partial charge in [0.15, 0.2) is 5.96 Å². The van der Waals surface area contributed by atoms with Crippen LogP contribution >= 0.6 is 0 Å². The highest BCUT2D eigenvalue weighted by Crippen LogP contribution is 2.23. The summed E-state index contributed by atoms with van der Waals surface area (Å²) in [6.07, 6.45) is 4.87. The molecule has 3 rings (SSSR count). The van der Waals surface area contributed by atoms with E-state index in [1.54, 1.807) is 12.1 Å². The number of hydrogen-bond acceptors (Lipinski definition) is 3. The van der Waals surface area contributed by atoms with E-state index in [0.717, 1.165) is 63.5 Å². The van der Waals surface area contributed by atoms with Crippen LogP contribution in [-0.4, -0.2) is 63.0 Å². The van der Waals surface area contributed by atoms with Crippen molar-refractivity contribution in [2.24, 2.45) is 4.99 Å². The van der Waals surface area contributed by atoms with Crippen LogP contribution in [0.15, 0.2) is 29.3 Å². The molecule has 2 saturated heterocycles. The first-order valence-electron chi connectivity index (χ1n) is 10.4. The van der Waals surface area contributed by atoms with Gasteiger partial charge in [-0.3, -0.25) is 4.99 Å². The summed E-state index contributed by atoms with van der Waals surface area (Å²) in [5.41, 5.74) is 0.789. The monoisotopic (exact) mass is 391 g/mol. The molecule has 0 aromatic heterocycles. The normalized spacial score (nSPS) is 21.9. The molecule has 1 aromatic rings. The Morgan fingerprint density at radius 1 is 1.32 bits per heavy atom. The number of nitrogens with one attached hydrogen (secondary N) is 1. The molecule has 0 spiro atoms.